The zero-order valence-electron chi connectivity index (χ0n) is 19.4. The molecule has 3 amide bonds. The van der Waals surface area contributed by atoms with Crippen LogP contribution in [0.4, 0.5) is 14.9 Å². The molecule has 4 aromatic rings. The molecule has 10 heteroatoms. The number of halogens is 1. The summed E-state index contributed by atoms with van der Waals surface area (Å²) in [5.74, 6) is -0.478. The first-order valence-corrected chi connectivity index (χ1v) is 12.3. The van der Waals surface area contributed by atoms with E-state index < -0.39 is 0 Å². The van der Waals surface area contributed by atoms with Crippen LogP contribution in [-0.4, -0.2) is 50.7 Å². The Morgan fingerprint density at radius 2 is 2.00 bits per heavy atom. The van der Waals surface area contributed by atoms with Crippen LogP contribution < -0.4 is 10.6 Å². The quantitative estimate of drug-likeness (QED) is 0.414. The third-order valence-corrected chi connectivity index (χ3v) is 6.87. The number of carbonyl (C=O) groups excluding carboxylic acids is 2. The average molecular weight is 493 g/mol. The number of benzene rings is 1. The van der Waals surface area contributed by atoms with Gasteiger partial charge < -0.3 is 15.5 Å². The van der Waals surface area contributed by atoms with Gasteiger partial charge in [-0.05, 0) is 62.0 Å². The minimum absolute atomic E-state index is 0.0986. The number of urea groups is 1. The van der Waals surface area contributed by atoms with E-state index in [1.807, 2.05) is 42.1 Å². The van der Waals surface area contributed by atoms with Crippen molar-refractivity contribution in [2.75, 3.05) is 18.4 Å². The van der Waals surface area contributed by atoms with Crippen molar-refractivity contribution < 1.29 is 14.0 Å². The van der Waals surface area contributed by atoms with Crippen molar-refractivity contribution in [1.29, 1.82) is 0 Å². The van der Waals surface area contributed by atoms with Gasteiger partial charge in [-0.3, -0.25) is 4.79 Å². The highest BCUT2D eigenvalue weighted by Gasteiger charge is 2.30. The lowest BCUT2D eigenvalue weighted by atomic mass is 10.1. The van der Waals surface area contributed by atoms with E-state index in [0.717, 1.165) is 16.0 Å². The van der Waals surface area contributed by atoms with Crippen LogP contribution in [0.15, 0.2) is 54.0 Å². The molecule has 1 fully saturated rings. The molecule has 1 unspecified atom stereocenters. The van der Waals surface area contributed by atoms with Crippen molar-refractivity contribution in [3.8, 4) is 10.6 Å². The maximum atomic E-state index is 13.6. The Labute approximate surface area is 205 Å². The fourth-order valence-electron chi connectivity index (χ4n) is 4.24. The molecular formula is C25H25FN6O2S. The molecule has 35 heavy (non-hydrogen) atoms. The summed E-state index contributed by atoms with van der Waals surface area (Å²) in [4.78, 5) is 33.6. The molecule has 1 aliphatic heterocycles. The summed E-state index contributed by atoms with van der Waals surface area (Å²) in [5, 5.41) is 12.8. The molecule has 0 aliphatic carbocycles. The number of likely N-dealkylation sites (tertiary alicyclic amines) is 1. The van der Waals surface area contributed by atoms with E-state index in [1.54, 1.807) is 22.4 Å². The van der Waals surface area contributed by atoms with Crippen molar-refractivity contribution in [2.24, 2.45) is 0 Å². The van der Waals surface area contributed by atoms with Crippen molar-refractivity contribution >= 4 is 40.0 Å². The fraction of sp³-hybridized carbons (Fsp3) is 0.280. The average Bonchev–Trinajstić information content (AvgIpc) is 3.60. The van der Waals surface area contributed by atoms with Gasteiger partial charge in [0.05, 0.1) is 27.7 Å². The number of fused-ring (bicyclic) bond motifs is 1. The van der Waals surface area contributed by atoms with E-state index in [1.165, 1.54) is 24.3 Å². The van der Waals surface area contributed by atoms with Gasteiger partial charge in [0.1, 0.15) is 5.82 Å². The SMILES string of the molecule is CC(C)n1ncc2c(C(=O)N3CCC(NC(=O)Nc4ccc(F)cc4)C3)cc(-c3cccs3)nc21. The molecule has 3 aromatic heterocycles. The molecule has 4 heterocycles. The number of hydrogen-bond donors (Lipinski definition) is 2. The van der Waals surface area contributed by atoms with Gasteiger partial charge in [0.15, 0.2) is 5.65 Å². The first-order chi connectivity index (χ1) is 16.9. The van der Waals surface area contributed by atoms with Crippen LogP contribution in [0, 0.1) is 5.82 Å². The number of amides is 3. The third kappa shape index (κ3) is 4.74. The van der Waals surface area contributed by atoms with Crippen molar-refractivity contribution in [3.63, 3.8) is 0 Å². The zero-order valence-corrected chi connectivity index (χ0v) is 20.2. The van der Waals surface area contributed by atoms with E-state index in [0.29, 0.717) is 36.4 Å². The lowest BCUT2D eigenvalue weighted by Gasteiger charge is -2.18. The van der Waals surface area contributed by atoms with Gasteiger partial charge in [-0.2, -0.15) is 5.10 Å². The van der Waals surface area contributed by atoms with E-state index in [-0.39, 0.29) is 29.8 Å². The third-order valence-electron chi connectivity index (χ3n) is 5.97. The molecule has 180 valence electrons. The highest BCUT2D eigenvalue weighted by atomic mass is 32.1. The Kier molecular flexibility index (Phi) is 6.21. The topological polar surface area (TPSA) is 92.2 Å². The van der Waals surface area contributed by atoms with Gasteiger partial charge in [0, 0.05) is 30.9 Å². The number of carbonyl (C=O) groups is 2. The van der Waals surface area contributed by atoms with Crippen LogP contribution in [0.3, 0.4) is 0 Å². The maximum absolute atomic E-state index is 13.6. The highest BCUT2D eigenvalue weighted by molar-refractivity contribution is 7.13. The van der Waals surface area contributed by atoms with Crippen LogP contribution in [0.2, 0.25) is 0 Å². The standard InChI is InChI=1S/C25H25FN6O2S/c1-15(2)32-23-20(13-27-32)19(12-21(30-23)22-4-3-11-35-22)24(33)31-10-9-18(14-31)29-25(34)28-17-7-5-16(26)6-8-17/h3-8,11-13,15,18H,9-10,14H2,1-2H3,(H2,28,29,34). The molecule has 1 atom stereocenters. The Bertz CT molecular complexity index is 1370. The number of hydrogen-bond acceptors (Lipinski definition) is 5. The Balaban J connectivity index is 1.34. The van der Waals surface area contributed by atoms with Gasteiger partial charge in [0.2, 0.25) is 0 Å². The van der Waals surface area contributed by atoms with Crippen LogP contribution in [-0.2, 0) is 0 Å². The number of thiophene rings is 1. The van der Waals surface area contributed by atoms with Crippen LogP contribution in [0.25, 0.3) is 21.6 Å². The van der Waals surface area contributed by atoms with E-state index in [9.17, 15) is 14.0 Å². The van der Waals surface area contributed by atoms with E-state index in [2.05, 4.69) is 15.7 Å². The summed E-state index contributed by atoms with van der Waals surface area (Å²) in [6, 6.07) is 10.9. The van der Waals surface area contributed by atoms with E-state index >= 15 is 0 Å². The van der Waals surface area contributed by atoms with Crippen molar-refractivity contribution in [2.45, 2.75) is 32.4 Å². The molecule has 2 N–H and O–H groups in total. The normalized spacial score (nSPS) is 15.7. The summed E-state index contributed by atoms with van der Waals surface area (Å²) in [5.41, 5.74) is 2.48. The van der Waals surface area contributed by atoms with Gasteiger partial charge in [-0.15, -0.1) is 11.3 Å². The first kappa shape index (κ1) is 23.0. The highest BCUT2D eigenvalue weighted by Crippen LogP contribution is 2.30. The molecule has 0 saturated carbocycles. The van der Waals surface area contributed by atoms with Gasteiger partial charge in [0.25, 0.3) is 5.91 Å². The van der Waals surface area contributed by atoms with Gasteiger partial charge >= 0.3 is 6.03 Å². The van der Waals surface area contributed by atoms with Crippen LogP contribution >= 0.6 is 11.3 Å². The molecule has 0 spiro atoms. The smallest absolute Gasteiger partial charge is 0.319 e. The van der Waals surface area contributed by atoms with Crippen molar-refractivity contribution in [3.05, 3.63) is 65.4 Å². The molecule has 1 aliphatic rings. The minimum Gasteiger partial charge on any atom is -0.336 e. The molecule has 1 saturated heterocycles. The van der Waals surface area contributed by atoms with Crippen LogP contribution in [0.1, 0.15) is 36.7 Å². The molecular weight excluding hydrogens is 467 g/mol. The second-order valence-electron chi connectivity index (χ2n) is 8.79. The maximum Gasteiger partial charge on any atom is 0.319 e. The number of nitrogens with one attached hydrogen (secondary N) is 2. The summed E-state index contributed by atoms with van der Waals surface area (Å²) in [6.45, 7) is 4.98. The predicted octanol–water partition coefficient (Wildman–Crippen LogP) is 4.92. The largest absolute Gasteiger partial charge is 0.336 e. The number of pyridine rings is 1. The zero-order chi connectivity index (χ0) is 24.5. The molecule has 5 rings (SSSR count). The summed E-state index contributed by atoms with van der Waals surface area (Å²) in [7, 11) is 0. The molecule has 0 radical (unpaired) electrons. The Morgan fingerprint density at radius 1 is 1.20 bits per heavy atom. The second-order valence-corrected chi connectivity index (χ2v) is 9.74. The minimum atomic E-state index is -0.389. The monoisotopic (exact) mass is 492 g/mol. The van der Waals surface area contributed by atoms with Gasteiger partial charge in [-0.1, -0.05) is 6.07 Å². The second kappa shape index (κ2) is 9.46. The number of aromatic nitrogens is 3. The Hall–Kier alpha value is -3.79. The van der Waals surface area contributed by atoms with Gasteiger partial charge in [-0.25, -0.2) is 18.9 Å². The molecule has 8 nitrogen and oxygen atoms in total. The fourth-order valence-corrected chi connectivity index (χ4v) is 4.93. The van der Waals surface area contributed by atoms with E-state index in [4.69, 9.17) is 4.98 Å². The molecule has 1 aromatic carbocycles. The Morgan fingerprint density at radius 3 is 2.71 bits per heavy atom. The van der Waals surface area contributed by atoms with Crippen molar-refractivity contribution in [1.82, 2.24) is 25.0 Å². The summed E-state index contributed by atoms with van der Waals surface area (Å²) >= 11 is 1.57. The predicted molar refractivity (Wildman–Crippen MR) is 134 cm³/mol. The number of nitrogens with zero attached hydrogens (tertiary/aromatic N) is 4. The lowest BCUT2D eigenvalue weighted by Crippen LogP contribution is -2.40. The first-order valence-electron chi connectivity index (χ1n) is 11.4. The van der Waals surface area contributed by atoms with Crippen LogP contribution in [0.5, 0.6) is 0 Å². The lowest BCUT2D eigenvalue weighted by molar-refractivity contribution is 0.0791. The summed E-state index contributed by atoms with van der Waals surface area (Å²) in [6.07, 6.45) is 2.34. The summed E-state index contributed by atoms with van der Waals surface area (Å²) < 4.78 is 14.9. The molecule has 0 bridgehead atoms. The number of rotatable bonds is 5. The number of anilines is 1.